The monoisotopic (exact) mass is 428 g/mol. The highest BCUT2D eigenvalue weighted by atomic mass is 79.9. The van der Waals surface area contributed by atoms with E-state index in [9.17, 15) is 5.11 Å². The quantitative estimate of drug-likeness (QED) is 0.752. The van der Waals surface area contributed by atoms with Crippen LogP contribution in [0.3, 0.4) is 0 Å². The van der Waals surface area contributed by atoms with Crippen molar-refractivity contribution < 1.29 is 5.11 Å². The van der Waals surface area contributed by atoms with Gasteiger partial charge in [-0.25, -0.2) is 0 Å². The van der Waals surface area contributed by atoms with Crippen LogP contribution in [-0.2, 0) is 0 Å². The van der Waals surface area contributed by atoms with E-state index in [4.69, 9.17) is 0 Å². The Kier molecular flexibility index (Phi) is 6.44. The van der Waals surface area contributed by atoms with E-state index in [-0.39, 0.29) is 0 Å². The van der Waals surface area contributed by atoms with Crippen LogP contribution in [0.2, 0.25) is 0 Å². The summed E-state index contributed by atoms with van der Waals surface area (Å²) in [6.45, 7) is 1.15. The maximum absolute atomic E-state index is 9.77. The van der Waals surface area contributed by atoms with Gasteiger partial charge in [0, 0.05) is 26.5 Å². The molecule has 0 saturated carbocycles. The molecular formula is C11H15Br3N2O. The number of nitrogens with one attached hydrogen (secondary N) is 1. The van der Waals surface area contributed by atoms with E-state index in [1.54, 1.807) is 0 Å². The summed E-state index contributed by atoms with van der Waals surface area (Å²) in [6.07, 6.45) is -0.396. The second kappa shape index (κ2) is 7.09. The molecule has 6 heteroatoms. The van der Waals surface area contributed by atoms with Crippen molar-refractivity contribution in [3.05, 3.63) is 25.6 Å². The van der Waals surface area contributed by atoms with Gasteiger partial charge in [-0.05, 0) is 58.1 Å². The fourth-order valence-corrected chi connectivity index (χ4v) is 3.96. The van der Waals surface area contributed by atoms with E-state index in [2.05, 4.69) is 53.1 Å². The maximum atomic E-state index is 9.77. The molecule has 17 heavy (non-hydrogen) atoms. The van der Waals surface area contributed by atoms with Gasteiger partial charge >= 0.3 is 0 Å². The molecule has 3 nitrogen and oxygen atoms in total. The number of hydrogen-bond acceptors (Lipinski definition) is 3. The first-order valence-electron chi connectivity index (χ1n) is 5.11. The minimum Gasteiger partial charge on any atom is -0.390 e. The Labute approximate surface area is 127 Å². The lowest BCUT2D eigenvalue weighted by Gasteiger charge is -2.18. The van der Waals surface area contributed by atoms with Gasteiger partial charge < -0.3 is 15.3 Å². The molecule has 0 aliphatic carbocycles. The summed E-state index contributed by atoms with van der Waals surface area (Å²) < 4.78 is 2.90. The molecule has 0 heterocycles. The van der Waals surface area contributed by atoms with E-state index in [0.29, 0.717) is 13.1 Å². The van der Waals surface area contributed by atoms with Crippen LogP contribution < -0.4 is 5.32 Å². The molecule has 96 valence electrons. The number of hydrogen-bond donors (Lipinski definition) is 2. The van der Waals surface area contributed by atoms with Crippen LogP contribution >= 0.6 is 47.8 Å². The number of likely N-dealkylation sites (N-methyl/N-ethyl adjacent to an activating group) is 1. The van der Waals surface area contributed by atoms with Gasteiger partial charge in [-0.2, -0.15) is 0 Å². The van der Waals surface area contributed by atoms with Gasteiger partial charge in [-0.15, -0.1) is 0 Å². The van der Waals surface area contributed by atoms with Crippen molar-refractivity contribution in [3.8, 4) is 0 Å². The van der Waals surface area contributed by atoms with Crippen LogP contribution in [0.4, 0.5) is 5.69 Å². The number of aliphatic hydroxyl groups is 1. The molecule has 0 aliphatic heterocycles. The minimum absolute atomic E-state index is 0.396. The standard InChI is InChI=1S/C11H15Br3N2O/c1-16(2)6-8(17)5-15-11-9(13)3-7(12)4-10(11)14/h3-4,8,15,17H,5-6H2,1-2H3. The summed E-state index contributed by atoms with van der Waals surface area (Å²) in [5.74, 6) is 0. The third kappa shape index (κ3) is 5.26. The molecule has 1 unspecified atom stereocenters. The highest BCUT2D eigenvalue weighted by molar-refractivity contribution is 9.11. The molecule has 1 rings (SSSR count). The van der Waals surface area contributed by atoms with Crippen molar-refractivity contribution >= 4 is 53.5 Å². The van der Waals surface area contributed by atoms with Crippen molar-refractivity contribution in [1.29, 1.82) is 0 Å². The molecule has 0 amide bonds. The average molecular weight is 431 g/mol. The van der Waals surface area contributed by atoms with Gasteiger partial charge in [0.15, 0.2) is 0 Å². The smallest absolute Gasteiger partial charge is 0.0838 e. The number of anilines is 1. The molecule has 1 aromatic rings. The van der Waals surface area contributed by atoms with Crippen molar-refractivity contribution in [2.24, 2.45) is 0 Å². The van der Waals surface area contributed by atoms with Crippen molar-refractivity contribution in [3.63, 3.8) is 0 Å². The van der Waals surface area contributed by atoms with Gasteiger partial charge in [0.2, 0.25) is 0 Å². The topological polar surface area (TPSA) is 35.5 Å². The summed E-state index contributed by atoms with van der Waals surface area (Å²) in [5.41, 5.74) is 0.950. The number of rotatable bonds is 5. The summed E-state index contributed by atoms with van der Waals surface area (Å²) in [6, 6.07) is 3.93. The zero-order valence-electron chi connectivity index (χ0n) is 9.67. The van der Waals surface area contributed by atoms with Gasteiger partial charge in [0.25, 0.3) is 0 Å². The highest BCUT2D eigenvalue weighted by Gasteiger charge is 2.09. The Balaban J connectivity index is 2.63. The predicted octanol–water partition coefficient (Wildman–Crippen LogP) is 3.31. The van der Waals surface area contributed by atoms with Crippen LogP contribution in [-0.4, -0.2) is 43.3 Å². The van der Waals surface area contributed by atoms with Crippen LogP contribution in [0, 0.1) is 0 Å². The normalized spacial score (nSPS) is 12.9. The van der Waals surface area contributed by atoms with Gasteiger partial charge in [-0.3, -0.25) is 0 Å². The molecule has 1 aromatic carbocycles. The van der Waals surface area contributed by atoms with Crippen molar-refractivity contribution in [2.45, 2.75) is 6.10 Å². The van der Waals surface area contributed by atoms with E-state index >= 15 is 0 Å². The number of nitrogens with zero attached hydrogens (tertiary/aromatic N) is 1. The Hall–Kier alpha value is 0.380. The lowest BCUT2D eigenvalue weighted by Crippen LogP contribution is -2.31. The van der Waals surface area contributed by atoms with Crippen LogP contribution in [0.5, 0.6) is 0 Å². The summed E-state index contributed by atoms with van der Waals surface area (Å²) in [5, 5.41) is 13.0. The lowest BCUT2D eigenvalue weighted by atomic mass is 10.3. The Morgan fingerprint density at radius 3 is 2.24 bits per heavy atom. The molecule has 0 radical (unpaired) electrons. The molecule has 0 aliphatic rings. The largest absolute Gasteiger partial charge is 0.390 e. The Bertz CT molecular complexity index is 362. The molecule has 0 spiro atoms. The molecular weight excluding hydrogens is 416 g/mol. The fraction of sp³-hybridized carbons (Fsp3) is 0.455. The van der Waals surface area contributed by atoms with E-state index < -0.39 is 6.10 Å². The molecule has 0 aromatic heterocycles. The molecule has 2 N–H and O–H groups in total. The van der Waals surface area contributed by atoms with Crippen LogP contribution in [0.1, 0.15) is 0 Å². The first-order chi connectivity index (χ1) is 7.90. The fourth-order valence-electron chi connectivity index (χ4n) is 1.42. The third-order valence-electron chi connectivity index (χ3n) is 2.10. The second-order valence-electron chi connectivity index (χ2n) is 4.04. The maximum Gasteiger partial charge on any atom is 0.0838 e. The predicted molar refractivity (Wildman–Crippen MR) is 82.6 cm³/mol. The Morgan fingerprint density at radius 1 is 1.24 bits per heavy atom. The van der Waals surface area contributed by atoms with Crippen molar-refractivity contribution in [1.82, 2.24) is 4.90 Å². The molecule has 0 saturated heterocycles. The van der Waals surface area contributed by atoms with E-state index in [1.807, 2.05) is 31.1 Å². The van der Waals surface area contributed by atoms with Crippen molar-refractivity contribution in [2.75, 3.05) is 32.5 Å². The number of halogens is 3. The summed E-state index contributed by atoms with van der Waals surface area (Å²) in [7, 11) is 3.88. The van der Waals surface area contributed by atoms with Gasteiger partial charge in [0.05, 0.1) is 11.8 Å². The first-order valence-corrected chi connectivity index (χ1v) is 7.49. The summed E-state index contributed by atoms with van der Waals surface area (Å²) in [4.78, 5) is 1.96. The van der Waals surface area contributed by atoms with E-state index in [1.165, 1.54) is 0 Å². The third-order valence-corrected chi connectivity index (χ3v) is 3.81. The molecule has 0 fully saturated rings. The minimum atomic E-state index is -0.396. The number of aliphatic hydroxyl groups excluding tert-OH is 1. The zero-order chi connectivity index (χ0) is 13.0. The Morgan fingerprint density at radius 2 is 1.76 bits per heavy atom. The first kappa shape index (κ1) is 15.4. The van der Waals surface area contributed by atoms with E-state index in [0.717, 1.165) is 19.1 Å². The van der Waals surface area contributed by atoms with Gasteiger partial charge in [0.1, 0.15) is 0 Å². The number of benzene rings is 1. The highest BCUT2D eigenvalue weighted by Crippen LogP contribution is 2.34. The van der Waals surface area contributed by atoms with Gasteiger partial charge in [-0.1, -0.05) is 15.9 Å². The van der Waals surface area contributed by atoms with Crippen LogP contribution in [0.15, 0.2) is 25.6 Å². The van der Waals surface area contributed by atoms with Crippen LogP contribution in [0.25, 0.3) is 0 Å². The molecule has 1 atom stereocenters. The second-order valence-corrected chi connectivity index (χ2v) is 6.67. The SMILES string of the molecule is CN(C)CC(O)CNc1c(Br)cc(Br)cc1Br. The summed E-state index contributed by atoms with van der Waals surface area (Å²) >= 11 is 10.4. The zero-order valence-corrected chi connectivity index (χ0v) is 14.4. The average Bonchev–Trinajstić information content (AvgIpc) is 2.14. The molecule has 0 bridgehead atoms. The lowest BCUT2D eigenvalue weighted by molar-refractivity contribution is 0.148.